The molecule has 0 aromatic heterocycles. The highest BCUT2D eigenvalue weighted by Crippen LogP contribution is 2.03. The van der Waals surface area contributed by atoms with E-state index in [2.05, 4.69) is 16.1 Å². The van der Waals surface area contributed by atoms with E-state index in [0.717, 1.165) is 0 Å². The van der Waals surface area contributed by atoms with E-state index in [1.807, 2.05) is 6.92 Å². The van der Waals surface area contributed by atoms with E-state index in [4.69, 9.17) is 5.11 Å². The third-order valence-electron chi connectivity index (χ3n) is 1.40. The number of aliphatic hydroxyl groups excluding tert-OH is 1. The quantitative estimate of drug-likeness (QED) is 0.426. The van der Waals surface area contributed by atoms with Gasteiger partial charge in [0.05, 0.1) is 18.4 Å². The van der Waals surface area contributed by atoms with Gasteiger partial charge in [-0.15, -0.1) is 0 Å². The first-order valence-corrected chi connectivity index (χ1v) is 4.42. The highest BCUT2D eigenvalue weighted by molar-refractivity contribution is 5.94. The van der Waals surface area contributed by atoms with Crippen molar-refractivity contribution < 1.29 is 24.2 Å². The standard InChI is InChI=1S/C10H14O5/c1-4-5-14-10(13)8(3)15-9(12)7(2)6-11/h6,11H,3-5H2,1-2H3/b7-6+. The van der Waals surface area contributed by atoms with Gasteiger partial charge in [0, 0.05) is 0 Å². The van der Waals surface area contributed by atoms with Crippen molar-refractivity contribution in [1.82, 2.24) is 0 Å². The molecule has 0 saturated carbocycles. The molecule has 0 amide bonds. The van der Waals surface area contributed by atoms with Crippen LogP contribution in [-0.2, 0) is 19.1 Å². The van der Waals surface area contributed by atoms with Crippen molar-refractivity contribution in [2.75, 3.05) is 6.61 Å². The zero-order chi connectivity index (χ0) is 11.8. The molecule has 0 spiro atoms. The summed E-state index contributed by atoms with van der Waals surface area (Å²) >= 11 is 0. The van der Waals surface area contributed by atoms with E-state index in [9.17, 15) is 9.59 Å². The molecule has 0 aromatic rings. The molecule has 0 saturated heterocycles. The number of hydrogen-bond acceptors (Lipinski definition) is 5. The van der Waals surface area contributed by atoms with Gasteiger partial charge in [-0.3, -0.25) is 0 Å². The first-order valence-electron chi connectivity index (χ1n) is 4.42. The number of rotatable bonds is 5. The summed E-state index contributed by atoms with van der Waals surface area (Å²) in [5.41, 5.74) is -0.0283. The molecule has 0 heterocycles. The number of hydrogen-bond donors (Lipinski definition) is 1. The van der Waals surface area contributed by atoms with Crippen LogP contribution in [0.5, 0.6) is 0 Å². The van der Waals surface area contributed by atoms with Crippen LogP contribution in [0.2, 0.25) is 0 Å². The van der Waals surface area contributed by atoms with Crippen LogP contribution >= 0.6 is 0 Å². The molecular weight excluding hydrogens is 200 g/mol. The number of esters is 2. The van der Waals surface area contributed by atoms with Crippen LogP contribution in [0.3, 0.4) is 0 Å². The maximum absolute atomic E-state index is 11.1. The van der Waals surface area contributed by atoms with Crippen LogP contribution in [-0.4, -0.2) is 23.7 Å². The smallest absolute Gasteiger partial charge is 0.373 e. The Balaban J connectivity index is 4.14. The average molecular weight is 214 g/mol. The molecule has 0 aromatic carbocycles. The second kappa shape index (κ2) is 6.64. The first-order chi connectivity index (χ1) is 7.02. The van der Waals surface area contributed by atoms with E-state index < -0.39 is 17.7 Å². The van der Waals surface area contributed by atoms with Crippen LogP contribution in [0.25, 0.3) is 0 Å². The van der Waals surface area contributed by atoms with E-state index in [1.165, 1.54) is 6.92 Å². The summed E-state index contributed by atoms with van der Waals surface area (Å²) in [6, 6.07) is 0. The van der Waals surface area contributed by atoms with Gasteiger partial charge in [-0.1, -0.05) is 6.92 Å². The van der Waals surface area contributed by atoms with Gasteiger partial charge in [0.15, 0.2) is 0 Å². The number of ether oxygens (including phenoxy) is 2. The fourth-order valence-corrected chi connectivity index (χ4v) is 0.562. The Bertz CT molecular complexity index is 290. The highest BCUT2D eigenvalue weighted by atomic mass is 16.6. The van der Waals surface area contributed by atoms with Crippen LogP contribution in [0.1, 0.15) is 20.3 Å². The zero-order valence-electron chi connectivity index (χ0n) is 8.78. The summed E-state index contributed by atoms with van der Waals surface area (Å²) in [5, 5.41) is 8.49. The number of carbonyl (C=O) groups is 2. The molecule has 0 aliphatic rings. The first kappa shape index (κ1) is 13.2. The molecule has 0 atom stereocenters. The SMILES string of the molecule is C=C(OC(=O)/C(C)=C/O)C(=O)OCCC. The fraction of sp³-hybridized carbons (Fsp3) is 0.400. The second-order valence-corrected chi connectivity index (χ2v) is 2.76. The Morgan fingerprint density at radius 3 is 2.47 bits per heavy atom. The summed E-state index contributed by atoms with van der Waals surface area (Å²) in [4.78, 5) is 22.1. The lowest BCUT2D eigenvalue weighted by Crippen LogP contribution is -2.14. The molecule has 0 rings (SSSR count). The van der Waals surface area contributed by atoms with Crippen LogP contribution in [0.15, 0.2) is 24.2 Å². The fourth-order valence-electron chi connectivity index (χ4n) is 0.562. The van der Waals surface area contributed by atoms with Gasteiger partial charge >= 0.3 is 11.9 Å². The maximum atomic E-state index is 11.1. The van der Waals surface area contributed by atoms with Gasteiger partial charge in [-0.25, -0.2) is 9.59 Å². The molecule has 0 radical (unpaired) electrons. The molecule has 0 fully saturated rings. The molecule has 1 N–H and O–H groups in total. The second-order valence-electron chi connectivity index (χ2n) is 2.76. The zero-order valence-corrected chi connectivity index (χ0v) is 8.78. The minimum atomic E-state index is -0.837. The Hall–Kier alpha value is -1.78. The molecule has 0 aliphatic heterocycles. The Labute approximate surface area is 88.0 Å². The summed E-state index contributed by atoms with van der Waals surface area (Å²) in [6.45, 7) is 6.65. The van der Waals surface area contributed by atoms with Gasteiger partial charge in [-0.05, 0) is 19.9 Å². The van der Waals surface area contributed by atoms with Crippen LogP contribution in [0.4, 0.5) is 0 Å². The molecule has 0 unspecified atom stereocenters. The predicted octanol–water partition coefficient (Wildman–Crippen LogP) is 1.46. The van der Waals surface area contributed by atoms with Crippen LogP contribution in [0, 0.1) is 0 Å². The maximum Gasteiger partial charge on any atom is 0.373 e. The molecule has 5 nitrogen and oxygen atoms in total. The van der Waals surface area contributed by atoms with E-state index in [0.29, 0.717) is 12.7 Å². The third-order valence-corrected chi connectivity index (χ3v) is 1.40. The summed E-state index contributed by atoms with van der Waals surface area (Å²) in [6.07, 6.45) is 1.26. The summed E-state index contributed by atoms with van der Waals surface area (Å²) in [5.74, 6) is -2.01. The van der Waals surface area contributed by atoms with Crippen molar-refractivity contribution in [2.45, 2.75) is 20.3 Å². The Morgan fingerprint density at radius 1 is 1.40 bits per heavy atom. The number of carbonyl (C=O) groups excluding carboxylic acids is 2. The molecule has 5 heteroatoms. The topological polar surface area (TPSA) is 72.8 Å². The lowest BCUT2D eigenvalue weighted by molar-refractivity contribution is -0.149. The summed E-state index contributed by atoms with van der Waals surface area (Å²) < 4.78 is 9.20. The van der Waals surface area contributed by atoms with Crippen LogP contribution < -0.4 is 0 Å². The van der Waals surface area contributed by atoms with Gasteiger partial charge in [0.2, 0.25) is 5.76 Å². The van der Waals surface area contributed by atoms with Crippen molar-refractivity contribution in [1.29, 1.82) is 0 Å². The minimum Gasteiger partial charge on any atom is -0.515 e. The van der Waals surface area contributed by atoms with Crippen molar-refractivity contribution in [3.8, 4) is 0 Å². The Kier molecular flexibility index (Phi) is 5.85. The normalized spacial score (nSPS) is 10.7. The largest absolute Gasteiger partial charge is 0.515 e. The van der Waals surface area contributed by atoms with Crippen molar-refractivity contribution >= 4 is 11.9 Å². The van der Waals surface area contributed by atoms with Gasteiger partial charge in [-0.2, -0.15) is 0 Å². The van der Waals surface area contributed by atoms with Gasteiger partial charge < -0.3 is 14.6 Å². The van der Waals surface area contributed by atoms with Crippen molar-refractivity contribution in [3.05, 3.63) is 24.2 Å². The molecule has 15 heavy (non-hydrogen) atoms. The lowest BCUT2D eigenvalue weighted by Gasteiger charge is -2.06. The Morgan fingerprint density at radius 2 is 2.00 bits per heavy atom. The molecule has 0 bridgehead atoms. The lowest BCUT2D eigenvalue weighted by atomic mass is 10.3. The van der Waals surface area contributed by atoms with E-state index >= 15 is 0 Å². The molecular formula is C10H14O5. The molecule has 0 aliphatic carbocycles. The monoisotopic (exact) mass is 214 g/mol. The average Bonchev–Trinajstić information content (AvgIpc) is 2.24. The van der Waals surface area contributed by atoms with Crippen molar-refractivity contribution in [3.63, 3.8) is 0 Å². The summed E-state index contributed by atoms with van der Waals surface area (Å²) in [7, 11) is 0. The minimum absolute atomic E-state index is 0.0283. The van der Waals surface area contributed by atoms with Gasteiger partial charge in [0.25, 0.3) is 0 Å². The van der Waals surface area contributed by atoms with E-state index in [1.54, 1.807) is 0 Å². The number of aliphatic hydroxyl groups is 1. The molecule has 84 valence electrons. The van der Waals surface area contributed by atoms with Crippen molar-refractivity contribution in [2.24, 2.45) is 0 Å². The predicted molar refractivity (Wildman–Crippen MR) is 52.9 cm³/mol. The van der Waals surface area contributed by atoms with E-state index in [-0.39, 0.29) is 12.2 Å². The third kappa shape index (κ3) is 4.85. The van der Waals surface area contributed by atoms with Gasteiger partial charge in [0.1, 0.15) is 0 Å². The highest BCUT2D eigenvalue weighted by Gasteiger charge is 2.15.